The van der Waals surface area contributed by atoms with Gasteiger partial charge in [-0.1, -0.05) is 42.3 Å². The Morgan fingerprint density at radius 3 is 2.79 bits per heavy atom. The number of benzene rings is 2. The van der Waals surface area contributed by atoms with E-state index in [9.17, 15) is 9.59 Å². The van der Waals surface area contributed by atoms with Gasteiger partial charge in [0.15, 0.2) is 11.3 Å². The second-order valence-corrected chi connectivity index (χ2v) is 7.88. The third kappa shape index (κ3) is 5.53. The van der Waals surface area contributed by atoms with Gasteiger partial charge in [0.1, 0.15) is 5.75 Å². The number of thioether (sulfide) groups is 1. The van der Waals surface area contributed by atoms with Crippen LogP contribution in [0.25, 0.3) is 6.08 Å². The fourth-order valence-electron chi connectivity index (χ4n) is 2.46. The standard InChI is InChI=1S/C20H16Cl2N2O4S/c1-2-16(19(26)27)28-13-5-3-4-11(8-13)9-17-18(25)24-20(29-17)23-15-7-6-12(21)10-14(15)22/h3-10,16H,2H2,1H3,(H,26,27)(H,23,24,25)/b17-9+. The topological polar surface area (TPSA) is 88.0 Å². The molecule has 2 aromatic carbocycles. The maximum absolute atomic E-state index is 12.3. The number of ether oxygens (including phenoxy) is 1. The van der Waals surface area contributed by atoms with Crippen LogP contribution in [-0.2, 0) is 9.59 Å². The van der Waals surface area contributed by atoms with Crippen LogP contribution >= 0.6 is 35.0 Å². The number of amides is 1. The third-order valence-electron chi connectivity index (χ3n) is 3.86. The monoisotopic (exact) mass is 450 g/mol. The van der Waals surface area contributed by atoms with Crippen LogP contribution in [0, 0.1) is 0 Å². The fourth-order valence-corrected chi connectivity index (χ4v) is 3.75. The summed E-state index contributed by atoms with van der Waals surface area (Å²) in [5, 5.41) is 13.1. The van der Waals surface area contributed by atoms with Crippen LogP contribution in [0.2, 0.25) is 10.0 Å². The van der Waals surface area contributed by atoms with Gasteiger partial charge in [0.2, 0.25) is 0 Å². The molecule has 2 aromatic rings. The molecule has 150 valence electrons. The molecule has 1 aliphatic heterocycles. The normalized spacial score (nSPS) is 17.4. The molecule has 3 rings (SSSR count). The number of carboxylic acids is 1. The van der Waals surface area contributed by atoms with Crippen LogP contribution < -0.4 is 10.1 Å². The van der Waals surface area contributed by atoms with E-state index >= 15 is 0 Å². The molecule has 0 saturated carbocycles. The van der Waals surface area contributed by atoms with E-state index in [0.717, 1.165) is 0 Å². The molecule has 0 spiro atoms. The van der Waals surface area contributed by atoms with Gasteiger partial charge in [-0.2, -0.15) is 0 Å². The van der Waals surface area contributed by atoms with Crippen LogP contribution in [0.1, 0.15) is 18.9 Å². The van der Waals surface area contributed by atoms with Gasteiger partial charge in [-0.05, 0) is 60.2 Å². The number of amidine groups is 1. The first-order valence-corrected chi connectivity index (χ1v) is 10.2. The molecule has 29 heavy (non-hydrogen) atoms. The van der Waals surface area contributed by atoms with Crippen molar-refractivity contribution in [3.8, 4) is 5.75 Å². The van der Waals surface area contributed by atoms with Crippen molar-refractivity contribution in [3.63, 3.8) is 0 Å². The summed E-state index contributed by atoms with van der Waals surface area (Å²) in [6, 6.07) is 11.8. The van der Waals surface area contributed by atoms with Crippen LogP contribution in [0.4, 0.5) is 5.69 Å². The first kappa shape index (κ1) is 21.2. The summed E-state index contributed by atoms with van der Waals surface area (Å²) in [6.07, 6.45) is 1.09. The molecule has 1 saturated heterocycles. The van der Waals surface area contributed by atoms with Crippen molar-refractivity contribution in [2.45, 2.75) is 19.4 Å². The first-order chi connectivity index (χ1) is 13.9. The Morgan fingerprint density at radius 1 is 1.31 bits per heavy atom. The Balaban J connectivity index is 1.79. The molecular weight excluding hydrogens is 435 g/mol. The van der Waals surface area contributed by atoms with Crippen LogP contribution in [-0.4, -0.2) is 28.3 Å². The number of aliphatic imine (C=N–C) groups is 1. The van der Waals surface area contributed by atoms with Crippen LogP contribution in [0.3, 0.4) is 0 Å². The van der Waals surface area contributed by atoms with Gasteiger partial charge in [0, 0.05) is 5.02 Å². The number of nitrogens with one attached hydrogen (secondary N) is 1. The molecule has 1 fully saturated rings. The van der Waals surface area contributed by atoms with Crippen molar-refractivity contribution in [2.75, 3.05) is 0 Å². The summed E-state index contributed by atoms with van der Waals surface area (Å²) in [7, 11) is 0. The van der Waals surface area contributed by atoms with E-state index < -0.39 is 12.1 Å². The molecule has 0 aromatic heterocycles. The number of carbonyl (C=O) groups excluding carboxylic acids is 1. The SMILES string of the molecule is CCC(Oc1cccc(/C=C2/SC(=Nc3ccc(Cl)cc3Cl)NC2=O)c1)C(=O)O. The molecule has 2 N–H and O–H groups in total. The highest BCUT2D eigenvalue weighted by atomic mass is 35.5. The van der Waals surface area contributed by atoms with Crippen molar-refractivity contribution in [1.82, 2.24) is 5.32 Å². The first-order valence-electron chi connectivity index (χ1n) is 8.60. The lowest BCUT2D eigenvalue weighted by Crippen LogP contribution is -2.25. The number of halogens is 2. The molecule has 6 nitrogen and oxygen atoms in total. The number of rotatable bonds is 6. The van der Waals surface area contributed by atoms with E-state index in [1.165, 1.54) is 11.8 Å². The smallest absolute Gasteiger partial charge is 0.344 e. The second-order valence-electron chi connectivity index (χ2n) is 6.00. The maximum Gasteiger partial charge on any atom is 0.344 e. The summed E-state index contributed by atoms with van der Waals surface area (Å²) < 4.78 is 5.49. The van der Waals surface area contributed by atoms with Gasteiger partial charge in [-0.15, -0.1) is 0 Å². The average molecular weight is 451 g/mol. The molecule has 1 unspecified atom stereocenters. The Bertz CT molecular complexity index is 1020. The van der Waals surface area contributed by atoms with E-state index in [0.29, 0.717) is 43.5 Å². The predicted molar refractivity (Wildman–Crippen MR) is 116 cm³/mol. The molecular formula is C20H16Cl2N2O4S. The zero-order valence-corrected chi connectivity index (χ0v) is 17.5. The van der Waals surface area contributed by atoms with E-state index in [1.807, 2.05) is 0 Å². The Hall–Kier alpha value is -2.48. The number of carbonyl (C=O) groups is 2. The lowest BCUT2D eigenvalue weighted by molar-refractivity contribution is -0.145. The minimum Gasteiger partial charge on any atom is -0.479 e. The second kappa shape index (κ2) is 9.35. The summed E-state index contributed by atoms with van der Waals surface area (Å²) in [4.78, 5) is 28.2. The van der Waals surface area contributed by atoms with E-state index in [4.69, 9.17) is 33.0 Å². The lowest BCUT2D eigenvalue weighted by Gasteiger charge is -2.13. The van der Waals surface area contributed by atoms with Crippen LogP contribution in [0.5, 0.6) is 5.75 Å². The van der Waals surface area contributed by atoms with Crippen molar-refractivity contribution in [1.29, 1.82) is 0 Å². The molecule has 0 bridgehead atoms. The minimum atomic E-state index is -1.02. The highest BCUT2D eigenvalue weighted by molar-refractivity contribution is 8.18. The molecule has 0 aliphatic carbocycles. The molecule has 1 heterocycles. The number of hydrogen-bond donors (Lipinski definition) is 2. The summed E-state index contributed by atoms with van der Waals surface area (Å²) in [5.41, 5.74) is 1.20. The summed E-state index contributed by atoms with van der Waals surface area (Å²) in [6.45, 7) is 1.73. The fraction of sp³-hybridized carbons (Fsp3) is 0.150. The van der Waals surface area contributed by atoms with Gasteiger partial charge in [-0.3, -0.25) is 4.79 Å². The van der Waals surface area contributed by atoms with Gasteiger partial charge in [-0.25, -0.2) is 9.79 Å². The van der Waals surface area contributed by atoms with Gasteiger partial charge in [0.05, 0.1) is 15.6 Å². The lowest BCUT2D eigenvalue weighted by atomic mass is 10.2. The molecule has 1 aliphatic rings. The minimum absolute atomic E-state index is 0.290. The highest BCUT2D eigenvalue weighted by Gasteiger charge is 2.24. The number of carboxylic acid groups (broad SMARTS) is 1. The number of hydrogen-bond acceptors (Lipinski definition) is 5. The number of nitrogens with zero attached hydrogens (tertiary/aromatic N) is 1. The van der Waals surface area contributed by atoms with Gasteiger partial charge >= 0.3 is 5.97 Å². The zero-order chi connectivity index (χ0) is 21.0. The predicted octanol–water partition coefficient (Wildman–Crippen LogP) is 5.13. The van der Waals surface area contributed by atoms with E-state index in [-0.39, 0.29) is 5.91 Å². The Labute approximate surface area is 181 Å². The highest BCUT2D eigenvalue weighted by Crippen LogP contribution is 2.32. The van der Waals surface area contributed by atoms with Crippen LogP contribution in [0.15, 0.2) is 52.4 Å². The van der Waals surface area contributed by atoms with Gasteiger partial charge < -0.3 is 15.2 Å². The molecule has 0 radical (unpaired) electrons. The van der Waals surface area contributed by atoms with Crippen molar-refractivity contribution in [3.05, 3.63) is 63.0 Å². The zero-order valence-electron chi connectivity index (χ0n) is 15.2. The largest absolute Gasteiger partial charge is 0.479 e. The van der Waals surface area contributed by atoms with E-state index in [2.05, 4.69) is 10.3 Å². The maximum atomic E-state index is 12.3. The molecule has 1 atom stereocenters. The quantitative estimate of drug-likeness (QED) is 0.595. The van der Waals surface area contributed by atoms with Crippen molar-refractivity contribution >= 4 is 63.8 Å². The third-order valence-corrected chi connectivity index (χ3v) is 5.31. The van der Waals surface area contributed by atoms with Gasteiger partial charge in [0.25, 0.3) is 5.91 Å². The Kier molecular flexibility index (Phi) is 6.84. The Morgan fingerprint density at radius 2 is 2.10 bits per heavy atom. The summed E-state index contributed by atoms with van der Waals surface area (Å²) in [5.74, 6) is -0.898. The van der Waals surface area contributed by atoms with Crippen molar-refractivity contribution in [2.24, 2.45) is 4.99 Å². The average Bonchev–Trinajstić information content (AvgIpc) is 3.01. The molecule has 1 amide bonds. The number of aliphatic carboxylic acids is 1. The molecule has 9 heteroatoms. The van der Waals surface area contributed by atoms with E-state index in [1.54, 1.807) is 55.5 Å². The van der Waals surface area contributed by atoms with Crippen molar-refractivity contribution < 1.29 is 19.4 Å². The summed E-state index contributed by atoms with van der Waals surface area (Å²) >= 11 is 13.2.